The molecular weight excluding hydrogens is 292 g/mol. The van der Waals surface area contributed by atoms with Crippen LogP contribution >= 0.6 is 15.9 Å². The summed E-state index contributed by atoms with van der Waals surface area (Å²) in [4.78, 5) is 4.20. The lowest BCUT2D eigenvalue weighted by Crippen LogP contribution is -2.00. The van der Waals surface area contributed by atoms with Gasteiger partial charge in [-0.05, 0) is 58.6 Å². The van der Waals surface area contributed by atoms with E-state index in [1.807, 2.05) is 38.1 Å². The first-order chi connectivity index (χ1) is 8.61. The first-order valence-corrected chi connectivity index (χ1v) is 6.49. The lowest BCUT2D eigenvalue weighted by atomic mass is 10.1. The van der Waals surface area contributed by atoms with Crippen molar-refractivity contribution < 1.29 is 4.74 Å². The maximum absolute atomic E-state index is 5.87. The van der Waals surface area contributed by atoms with Crippen LogP contribution in [0.25, 0.3) is 0 Å². The normalized spacial score (nSPS) is 10.4. The van der Waals surface area contributed by atoms with Crippen LogP contribution < -0.4 is 10.5 Å². The van der Waals surface area contributed by atoms with Crippen LogP contribution in [0.3, 0.4) is 0 Å². The number of aromatic nitrogens is 1. The fraction of sp³-hybridized carbons (Fsp3) is 0.214. The number of aryl methyl sites for hydroxylation is 2. The Hall–Kier alpha value is -1.39. The van der Waals surface area contributed by atoms with Crippen molar-refractivity contribution >= 4 is 15.9 Å². The van der Waals surface area contributed by atoms with Crippen LogP contribution in [0.4, 0.5) is 0 Å². The molecule has 0 spiro atoms. The number of nitrogens with two attached hydrogens (primary N) is 1. The predicted molar refractivity (Wildman–Crippen MR) is 75.8 cm³/mol. The molecule has 2 rings (SSSR count). The van der Waals surface area contributed by atoms with Crippen LogP contribution in [0.15, 0.2) is 34.9 Å². The van der Waals surface area contributed by atoms with E-state index in [1.54, 1.807) is 6.20 Å². The fourth-order valence-corrected chi connectivity index (χ4v) is 2.20. The maximum Gasteiger partial charge on any atom is 0.233 e. The van der Waals surface area contributed by atoms with Crippen molar-refractivity contribution in [3.8, 4) is 11.6 Å². The van der Waals surface area contributed by atoms with E-state index in [4.69, 9.17) is 10.5 Å². The second-order valence-electron chi connectivity index (χ2n) is 4.16. The molecule has 0 aliphatic carbocycles. The highest BCUT2D eigenvalue weighted by Crippen LogP contribution is 2.32. The third-order valence-corrected chi connectivity index (χ3v) is 3.28. The molecule has 0 bridgehead atoms. The van der Waals surface area contributed by atoms with E-state index in [0.717, 1.165) is 26.9 Å². The number of hydrogen-bond acceptors (Lipinski definition) is 3. The topological polar surface area (TPSA) is 48.1 Å². The first kappa shape index (κ1) is 13.1. The van der Waals surface area contributed by atoms with Crippen LogP contribution in [0.5, 0.6) is 11.6 Å². The summed E-state index contributed by atoms with van der Waals surface area (Å²) in [6.07, 6.45) is 1.71. The van der Waals surface area contributed by atoms with E-state index in [9.17, 15) is 0 Å². The number of nitrogens with zero attached hydrogens (tertiary/aromatic N) is 1. The molecule has 2 N–H and O–H groups in total. The second kappa shape index (κ2) is 5.50. The number of benzene rings is 1. The summed E-state index contributed by atoms with van der Waals surface area (Å²) in [7, 11) is 0. The quantitative estimate of drug-likeness (QED) is 0.940. The highest BCUT2D eigenvalue weighted by Gasteiger charge is 2.09. The highest BCUT2D eigenvalue weighted by molar-refractivity contribution is 9.10. The Labute approximate surface area is 115 Å². The molecule has 0 saturated carbocycles. The zero-order valence-electron chi connectivity index (χ0n) is 10.4. The van der Waals surface area contributed by atoms with Gasteiger partial charge in [0.25, 0.3) is 0 Å². The van der Waals surface area contributed by atoms with E-state index < -0.39 is 0 Å². The zero-order chi connectivity index (χ0) is 13.1. The van der Waals surface area contributed by atoms with Crippen LogP contribution in [-0.4, -0.2) is 4.98 Å². The maximum atomic E-state index is 5.87. The summed E-state index contributed by atoms with van der Waals surface area (Å²) >= 11 is 3.42. The molecule has 0 aliphatic heterocycles. The van der Waals surface area contributed by atoms with Gasteiger partial charge < -0.3 is 10.5 Å². The second-order valence-corrected chi connectivity index (χ2v) is 5.01. The summed E-state index contributed by atoms with van der Waals surface area (Å²) < 4.78 is 6.71. The van der Waals surface area contributed by atoms with Crippen LogP contribution in [0.2, 0.25) is 0 Å². The molecule has 3 nitrogen and oxygen atoms in total. The van der Waals surface area contributed by atoms with Gasteiger partial charge in [-0.3, -0.25) is 0 Å². The monoisotopic (exact) mass is 306 g/mol. The smallest absolute Gasteiger partial charge is 0.233 e. The Kier molecular flexibility index (Phi) is 3.99. The Morgan fingerprint density at radius 3 is 2.50 bits per heavy atom. The van der Waals surface area contributed by atoms with Gasteiger partial charge in [0.1, 0.15) is 5.75 Å². The molecule has 0 radical (unpaired) electrons. The minimum Gasteiger partial charge on any atom is -0.437 e. The summed E-state index contributed by atoms with van der Waals surface area (Å²) in [6, 6.07) is 7.84. The van der Waals surface area contributed by atoms with Gasteiger partial charge in [0.2, 0.25) is 5.88 Å². The number of pyridine rings is 1. The predicted octanol–water partition coefficient (Wildman–Crippen LogP) is 3.71. The van der Waals surface area contributed by atoms with Gasteiger partial charge in [-0.1, -0.05) is 12.1 Å². The molecule has 2 aromatic rings. The van der Waals surface area contributed by atoms with Crippen LogP contribution in [-0.2, 0) is 6.54 Å². The summed E-state index contributed by atoms with van der Waals surface area (Å²) in [5.74, 6) is 1.41. The first-order valence-electron chi connectivity index (χ1n) is 5.70. The van der Waals surface area contributed by atoms with Crippen molar-refractivity contribution in [1.82, 2.24) is 4.98 Å². The van der Waals surface area contributed by atoms with Crippen molar-refractivity contribution in [3.63, 3.8) is 0 Å². The van der Waals surface area contributed by atoms with Gasteiger partial charge in [-0.25, -0.2) is 4.98 Å². The summed E-state index contributed by atoms with van der Waals surface area (Å²) in [5.41, 5.74) is 8.89. The van der Waals surface area contributed by atoms with Crippen LogP contribution in [0, 0.1) is 13.8 Å². The van der Waals surface area contributed by atoms with Gasteiger partial charge in [0, 0.05) is 12.7 Å². The third kappa shape index (κ3) is 2.71. The average molecular weight is 307 g/mol. The number of hydrogen-bond donors (Lipinski definition) is 1. The zero-order valence-corrected chi connectivity index (χ0v) is 12.0. The molecule has 18 heavy (non-hydrogen) atoms. The Morgan fingerprint density at radius 1 is 1.28 bits per heavy atom. The van der Waals surface area contributed by atoms with E-state index in [-0.39, 0.29) is 0 Å². The van der Waals surface area contributed by atoms with Gasteiger partial charge >= 0.3 is 0 Å². The highest BCUT2D eigenvalue weighted by atomic mass is 79.9. The van der Waals surface area contributed by atoms with Crippen LogP contribution in [0.1, 0.15) is 16.7 Å². The van der Waals surface area contributed by atoms with Gasteiger partial charge in [-0.15, -0.1) is 0 Å². The lowest BCUT2D eigenvalue weighted by molar-refractivity contribution is 0.452. The molecule has 1 heterocycles. The number of ether oxygens (including phenoxy) is 1. The Bertz CT molecular complexity index is 546. The molecular formula is C14H15BrN2O. The Morgan fingerprint density at radius 2 is 1.94 bits per heavy atom. The van der Waals surface area contributed by atoms with Crippen molar-refractivity contribution in [1.29, 1.82) is 0 Å². The molecule has 4 heteroatoms. The van der Waals surface area contributed by atoms with Crippen molar-refractivity contribution in [2.45, 2.75) is 20.4 Å². The van der Waals surface area contributed by atoms with Gasteiger partial charge in [0.05, 0.1) is 4.47 Å². The molecule has 0 unspecified atom stereocenters. The molecule has 0 atom stereocenters. The number of rotatable bonds is 3. The molecule has 0 aliphatic rings. The van der Waals surface area contributed by atoms with Gasteiger partial charge in [0.15, 0.2) is 0 Å². The molecule has 0 fully saturated rings. The van der Waals surface area contributed by atoms with Crippen molar-refractivity contribution in [2.24, 2.45) is 5.73 Å². The summed E-state index contributed by atoms with van der Waals surface area (Å²) in [5, 5.41) is 0. The van der Waals surface area contributed by atoms with Gasteiger partial charge in [-0.2, -0.15) is 0 Å². The largest absolute Gasteiger partial charge is 0.437 e. The van der Waals surface area contributed by atoms with Crippen molar-refractivity contribution in [2.75, 3.05) is 0 Å². The minimum atomic E-state index is 0.537. The van der Waals surface area contributed by atoms with E-state index in [0.29, 0.717) is 12.4 Å². The van der Waals surface area contributed by atoms with E-state index in [2.05, 4.69) is 20.9 Å². The molecule has 1 aromatic heterocycles. The number of halogens is 1. The summed E-state index contributed by atoms with van der Waals surface area (Å²) in [6.45, 7) is 4.56. The minimum absolute atomic E-state index is 0.537. The van der Waals surface area contributed by atoms with E-state index in [1.165, 1.54) is 0 Å². The average Bonchev–Trinajstić information content (AvgIpc) is 2.35. The molecule has 94 valence electrons. The standard InChI is InChI=1S/C14H15BrN2O/c1-9-6-11(8-16)7-10(2)13(9)18-14-12(15)4-3-5-17-14/h3-7H,8,16H2,1-2H3. The van der Waals surface area contributed by atoms with E-state index >= 15 is 0 Å². The third-order valence-electron chi connectivity index (χ3n) is 2.68. The fourth-order valence-electron chi connectivity index (χ4n) is 1.86. The SMILES string of the molecule is Cc1cc(CN)cc(C)c1Oc1ncccc1Br. The molecule has 1 aromatic carbocycles. The molecule has 0 saturated heterocycles. The Balaban J connectivity index is 2.38. The molecule has 0 amide bonds. The van der Waals surface area contributed by atoms with Crippen molar-refractivity contribution in [3.05, 3.63) is 51.6 Å². The lowest BCUT2D eigenvalue weighted by Gasteiger charge is -2.13.